The summed E-state index contributed by atoms with van der Waals surface area (Å²) in [5.41, 5.74) is 0.852. The van der Waals surface area contributed by atoms with E-state index in [1.165, 1.54) is 7.11 Å². The summed E-state index contributed by atoms with van der Waals surface area (Å²) < 4.78 is 5.57. The van der Waals surface area contributed by atoms with E-state index < -0.39 is 5.41 Å². The average Bonchev–Trinajstić information content (AvgIpc) is 2.52. The fourth-order valence-electron chi connectivity index (χ4n) is 2.37. The maximum Gasteiger partial charge on any atom is 0.306 e. The van der Waals surface area contributed by atoms with Gasteiger partial charge in [0.05, 0.1) is 18.9 Å². The molecule has 0 aliphatic carbocycles. The number of methoxy groups -OCH3 is 1. The zero-order valence-electron chi connectivity index (χ0n) is 10.5. The summed E-state index contributed by atoms with van der Waals surface area (Å²) >= 11 is 3.39. The molecule has 0 saturated carbocycles. The van der Waals surface area contributed by atoms with Crippen LogP contribution in [0.1, 0.15) is 18.9 Å². The minimum Gasteiger partial charge on any atom is -0.469 e. The third kappa shape index (κ3) is 1.82. The van der Waals surface area contributed by atoms with E-state index in [-0.39, 0.29) is 18.3 Å². The zero-order valence-corrected chi connectivity index (χ0v) is 12.1. The van der Waals surface area contributed by atoms with Gasteiger partial charge in [-0.15, -0.1) is 0 Å². The Kier molecular flexibility index (Phi) is 3.19. The third-order valence-electron chi connectivity index (χ3n) is 3.42. The number of carbonyl (C=O) groups excluding carboxylic acids is 2. The van der Waals surface area contributed by atoms with Crippen LogP contribution in [0.5, 0.6) is 0 Å². The fourth-order valence-corrected chi connectivity index (χ4v) is 2.73. The van der Waals surface area contributed by atoms with Gasteiger partial charge in [-0.2, -0.15) is 0 Å². The number of anilines is 1. The SMILES string of the molecule is COC(=O)CC1(C)C(=O)N(C)c2ccc(Br)cc21. The summed E-state index contributed by atoms with van der Waals surface area (Å²) in [7, 11) is 3.05. The number of amides is 1. The quantitative estimate of drug-likeness (QED) is 0.787. The minimum atomic E-state index is -0.846. The number of carbonyl (C=O) groups is 2. The first kappa shape index (κ1) is 13.1. The number of likely N-dealkylation sites (N-methyl/N-ethyl adjacent to an activating group) is 1. The number of ether oxygens (including phenoxy) is 1. The molecule has 0 N–H and O–H groups in total. The zero-order chi connectivity index (χ0) is 13.5. The van der Waals surface area contributed by atoms with Crippen LogP contribution >= 0.6 is 15.9 Å². The van der Waals surface area contributed by atoms with E-state index in [2.05, 4.69) is 20.7 Å². The Hall–Kier alpha value is -1.36. The lowest BCUT2D eigenvalue weighted by Gasteiger charge is -2.21. The van der Waals surface area contributed by atoms with Gasteiger partial charge in [-0.3, -0.25) is 9.59 Å². The molecule has 5 heteroatoms. The number of esters is 1. The van der Waals surface area contributed by atoms with E-state index in [0.717, 1.165) is 15.7 Å². The van der Waals surface area contributed by atoms with Gasteiger partial charge in [0.1, 0.15) is 0 Å². The monoisotopic (exact) mass is 311 g/mol. The van der Waals surface area contributed by atoms with E-state index in [1.54, 1.807) is 18.9 Å². The van der Waals surface area contributed by atoms with Gasteiger partial charge in [-0.25, -0.2) is 0 Å². The molecule has 1 amide bonds. The van der Waals surface area contributed by atoms with Gasteiger partial charge in [0.2, 0.25) is 5.91 Å². The van der Waals surface area contributed by atoms with Crippen molar-refractivity contribution in [3.63, 3.8) is 0 Å². The van der Waals surface area contributed by atoms with E-state index >= 15 is 0 Å². The number of rotatable bonds is 2. The predicted molar refractivity (Wildman–Crippen MR) is 71.5 cm³/mol. The summed E-state index contributed by atoms with van der Waals surface area (Å²) in [6.45, 7) is 1.78. The second kappa shape index (κ2) is 4.39. The van der Waals surface area contributed by atoms with Crippen molar-refractivity contribution in [1.82, 2.24) is 0 Å². The normalized spacial score (nSPS) is 22.0. The fraction of sp³-hybridized carbons (Fsp3) is 0.385. The lowest BCUT2D eigenvalue weighted by Crippen LogP contribution is -2.38. The van der Waals surface area contributed by atoms with Crippen LogP contribution in [-0.2, 0) is 19.7 Å². The van der Waals surface area contributed by atoms with Crippen molar-refractivity contribution in [3.8, 4) is 0 Å². The molecule has 1 aliphatic rings. The van der Waals surface area contributed by atoms with Crippen molar-refractivity contribution in [1.29, 1.82) is 0 Å². The molecule has 96 valence electrons. The highest BCUT2D eigenvalue weighted by molar-refractivity contribution is 9.10. The minimum absolute atomic E-state index is 0.0517. The van der Waals surface area contributed by atoms with Crippen molar-refractivity contribution < 1.29 is 14.3 Å². The van der Waals surface area contributed by atoms with Crippen molar-refractivity contribution >= 4 is 33.5 Å². The first-order valence-corrected chi connectivity index (χ1v) is 6.34. The average molecular weight is 312 g/mol. The van der Waals surface area contributed by atoms with Crippen LogP contribution in [0.4, 0.5) is 5.69 Å². The standard InChI is InChI=1S/C13H14BrNO3/c1-13(7-11(16)18-3)9-6-8(14)4-5-10(9)15(2)12(13)17/h4-6H,7H2,1-3H3. The highest BCUT2D eigenvalue weighted by Crippen LogP contribution is 2.44. The maximum absolute atomic E-state index is 12.3. The van der Waals surface area contributed by atoms with Gasteiger partial charge in [0.25, 0.3) is 0 Å². The molecular formula is C13H14BrNO3. The predicted octanol–water partition coefficient (Wildman–Crippen LogP) is 2.25. The first-order chi connectivity index (χ1) is 8.40. The van der Waals surface area contributed by atoms with Crippen molar-refractivity contribution in [2.45, 2.75) is 18.8 Å². The summed E-state index contributed by atoms with van der Waals surface area (Å²) in [6, 6.07) is 5.64. The van der Waals surface area contributed by atoms with Crippen LogP contribution in [0.2, 0.25) is 0 Å². The van der Waals surface area contributed by atoms with E-state index in [1.807, 2.05) is 18.2 Å². The molecule has 4 nitrogen and oxygen atoms in total. The smallest absolute Gasteiger partial charge is 0.306 e. The van der Waals surface area contributed by atoms with Crippen LogP contribution in [0.15, 0.2) is 22.7 Å². The van der Waals surface area contributed by atoms with Crippen LogP contribution in [0.25, 0.3) is 0 Å². The Morgan fingerprint density at radius 2 is 2.17 bits per heavy atom. The highest BCUT2D eigenvalue weighted by atomic mass is 79.9. The maximum atomic E-state index is 12.3. The lowest BCUT2D eigenvalue weighted by molar-refractivity contribution is -0.144. The van der Waals surface area contributed by atoms with Gasteiger partial charge in [-0.1, -0.05) is 15.9 Å². The van der Waals surface area contributed by atoms with Gasteiger partial charge in [0, 0.05) is 17.2 Å². The highest BCUT2D eigenvalue weighted by Gasteiger charge is 2.47. The molecule has 0 saturated heterocycles. The molecular weight excluding hydrogens is 298 g/mol. The molecule has 1 aromatic rings. The second-order valence-corrected chi connectivity index (χ2v) is 5.53. The van der Waals surface area contributed by atoms with Crippen LogP contribution < -0.4 is 4.90 Å². The van der Waals surface area contributed by atoms with E-state index in [0.29, 0.717) is 0 Å². The molecule has 18 heavy (non-hydrogen) atoms. The van der Waals surface area contributed by atoms with Gasteiger partial charge in [-0.05, 0) is 30.7 Å². The largest absolute Gasteiger partial charge is 0.469 e. The summed E-state index contributed by atoms with van der Waals surface area (Å²) in [5.74, 6) is -0.465. The number of hydrogen-bond donors (Lipinski definition) is 0. The topological polar surface area (TPSA) is 46.6 Å². The van der Waals surface area contributed by atoms with Gasteiger partial charge < -0.3 is 9.64 Å². The number of nitrogens with zero attached hydrogens (tertiary/aromatic N) is 1. The van der Waals surface area contributed by atoms with Crippen molar-refractivity contribution in [2.75, 3.05) is 19.1 Å². The van der Waals surface area contributed by atoms with Crippen molar-refractivity contribution in [3.05, 3.63) is 28.2 Å². The summed E-state index contributed by atoms with van der Waals surface area (Å²) in [5, 5.41) is 0. The Balaban J connectivity index is 2.53. The summed E-state index contributed by atoms with van der Waals surface area (Å²) in [4.78, 5) is 25.5. The number of hydrogen-bond acceptors (Lipinski definition) is 3. The van der Waals surface area contributed by atoms with E-state index in [4.69, 9.17) is 0 Å². The molecule has 1 heterocycles. The lowest BCUT2D eigenvalue weighted by atomic mass is 9.81. The third-order valence-corrected chi connectivity index (χ3v) is 3.91. The van der Waals surface area contributed by atoms with Crippen LogP contribution in [-0.4, -0.2) is 26.0 Å². The molecule has 1 aliphatic heterocycles. The summed E-state index contributed by atoms with van der Waals surface area (Å²) in [6.07, 6.45) is 0.0517. The molecule has 0 spiro atoms. The number of halogens is 1. The van der Waals surface area contributed by atoms with Gasteiger partial charge >= 0.3 is 5.97 Å². The van der Waals surface area contributed by atoms with Crippen LogP contribution in [0, 0.1) is 0 Å². The molecule has 0 aromatic heterocycles. The second-order valence-electron chi connectivity index (χ2n) is 4.61. The molecule has 2 rings (SSSR count). The van der Waals surface area contributed by atoms with E-state index in [9.17, 15) is 9.59 Å². The molecule has 1 aromatic carbocycles. The van der Waals surface area contributed by atoms with Crippen LogP contribution in [0.3, 0.4) is 0 Å². The first-order valence-electron chi connectivity index (χ1n) is 5.55. The van der Waals surface area contributed by atoms with Gasteiger partial charge in [0.15, 0.2) is 0 Å². The Bertz CT molecular complexity index is 529. The number of fused-ring (bicyclic) bond motifs is 1. The Labute approximate surface area is 114 Å². The molecule has 0 fully saturated rings. The molecule has 1 unspecified atom stereocenters. The van der Waals surface area contributed by atoms with Crippen molar-refractivity contribution in [2.24, 2.45) is 0 Å². The molecule has 0 radical (unpaired) electrons. The molecule has 0 bridgehead atoms. The number of benzene rings is 1. The Morgan fingerprint density at radius 1 is 1.50 bits per heavy atom. The Morgan fingerprint density at radius 3 is 2.78 bits per heavy atom. The molecule has 1 atom stereocenters.